The highest BCUT2D eigenvalue weighted by Crippen LogP contribution is 2.42. The molecule has 0 N–H and O–H groups in total. The Morgan fingerprint density at radius 2 is 2.17 bits per heavy atom. The fraction of sp³-hybridized carbons (Fsp3) is 0.364. The maximum atomic E-state index is 13.8. The molecule has 0 aliphatic carbocycles. The van der Waals surface area contributed by atoms with Crippen LogP contribution in [0, 0.1) is 0 Å². The Balaban J connectivity index is 1.45. The molecule has 0 aromatic carbocycles. The van der Waals surface area contributed by atoms with Gasteiger partial charge in [0.1, 0.15) is 0 Å². The van der Waals surface area contributed by atoms with E-state index < -0.39 is 5.60 Å². The average Bonchev–Trinajstić information content (AvgIpc) is 3.49. The molecule has 1 spiro atoms. The number of rotatable bonds is 5. The first-order valence-corrected chi connectivity index (χ1v) is 11.7. The lowest BCUT2D eigenvalue weighted by molar-refractivity contribution is -0.173. The van der Waals surface area contributed by atoms with Crippen molar-refractivity contribution in [2.24, 2.45) is 0 Å². The maximum absolute atomic E-state index is 13.8. The van der Waals surface area contributed by atoms with Crippen molar-refractivity contribution in [3.63, 3.8) is 0 Å². The summed E-state index contributed by atoms with van der Waals surface area (Å²) in [5, 5.41) is 6.28. The summed E-state index contributed by atoms with van der Waals surface area (Å²) in [6.07, 6.45) is 3.66. The molecule has 2 aliphatic rings. The minimum atomic E-state index is -0.839. The van der Waals surface area contributed by atoms with Crippen LogP contribution in [0.25, 0.3) is 0 Å². The fourth-order valence-corrected chi connectivity index (χ4v) is 5.90. The predicted molar refractivity (Wildman–Crippen MR) is 115 cm³/mol. The summed E-state index contributed by atoms with van der Waals surface area (Å²) in [6, 6.07) is 10.3. The van der Waals surface area contributed by atoms with Crippen LogP contribution in [-0.2, 0) is 22.6 Å². The molecule has 0 bridgehead atoms. The van der Waals surface area contributed by atoms with Gasteiger partial charge in [-0.15, -0.1) is 11.3 Å². The van der Waals surface area contributed by atoms with Crippen LogP contribution in [0.5, 0.6) is 0 Å². The van der Waals surface area contributed by atoms with E-state index >= 15 is 0 Å². The molecular weight excluding hydrogens is 402 g/mol. The van der Waals surface area contributed by atoms with Crippen molar-refractivity contribution < 1.29 is 9.53 Å². The van der Waals surface area contributed by atoms with E-state index in [2.05, 4.69) is 50.3 Å². The second-order valence-electron chi connectivity index (χ2n) is 7.68. The van der Waals surface area contributed by atoms with Gasteiger partial charge in [0, 0.05) is 55.9 Å². The number of carbonyl (C=O) groups is 1. The molecule has 0 radical (unpaired) electrons. The van der Waals surface area contributed by atoms with Gasteiger partial charge >= 0.3 is 0 Å². The molecule has 0 saturated carbocycles. The summed E-state index contributed by atoms with van der Waals surface area (Å²) in [5.74, 6) is 0.0893. The van der Waals surface area contributed by atoms with E-state index in [1.165, 1.54) is 10.4 Å². The summed E-state index contributed by atoms with van der Waals surface area (Å²) in [7, 11) is 0. The zero-order valence-electron chi connectivity index (χ0n) is 16.1. The van der Waals surface area contributed by atoms with E-state index in [9.17, 15) is 4.79 Å². The molecule has 7 heteroatoms. The van der Waals surface area contributed by atoms with Gasteiger partial charge < -0.3 is 9.64 Å². The Morgan fingerprint density at radius 1 is 1.21 bits per heavy atom. The third-order valence-electron chi connectivity index (χ3n) is 5.83. The van der Waals surface area contributed by atoms with E-state index in [1.54, 1.807) is 28.9 Å². The number of thiophene rings is 2. The molecule has 150 valence electrons. The fourth-order valence-electron chi connectivity index (χ4n) is 4.50. The van der Waals surface area contributed by atoms with Crippen molar-refractivity contribution >= 4 is 28.6 Å². The van der Waals surface area contributed by atoms with E-state index in [0.29, 0.717) is 26.2 Å². The van der Waals surface area contributed by atoms with Crippen LogP contribution in [0.2, 0.25) is 0 Å². The van der Waals surface area contributed by atoms with E-state index in [-0.39, 0.29) is 11.8 Å². The molecule has 5 rings (SSSR count). The zero-order chi connectivity index (χ0) is 19.7. The monoisotopic (exact) mass is 425 g/mol. The summed E-state index contributed by atoms with van der Waals surface area (Å²) >= 11 is 3.43. The average molecular weight is 426 g/mol. The molecule has 0 unspecified atom stereocenters. The van der Waals surface area contributed by atoms with Crippen LogP contribution in [0.15, 0.2) is 58.9 Å². The second kappa shape index (κ2) is 7.99. The van der Waals surface area contributed by atoms with Crippen molar-refractivity contribution in [3.05, 3.63) is 74.9 Å². The molecule has 2 aliphatic heterocycles. The summed E-state index contributed by atoms with van der Waals surface area (Å²) in [6.45, 7) is 4.11. The van der Waals surface area contributed by atoms with Crippen molar-refractivity contribution in [2.75, 3.05) is 26.2 Å². The lowest BCUT2D eigenvalue weighted by Gasteiger charge is -2.42. The highest BCUT2D eigenvalue weighted by atomic mass is 32.1. The van der Waals surface area contributed by atoms with Gasteiger partial charge in [-0.25, -0.2) is 0 Å². The smallest absolute Gasteiger partial charge is 0.257 e. The van der Waals surface area contributed by atoms with Gasteiger partial charge in [-0.2, -0.15) is 11.3 Å². The van der Waals surface area contributed by atoms with E-state index in [0.717, 1.165) is 18.7 Å². The van der Waals surface area contributed by atoms with Crippen LogP contribution in [-0.4, -0.2) is 52.5 Å². The molecule has 5 nitrogen and oxygen atoms in total. The van der Waals surface area contributed by atoms with Crippen LogP contribution < -0.4 is 0 Å². The molecule has 3 aromatic heterocycles. The van der Waals surface area contributed by atoms with Gasteiger partial charge in [-0.1, -0.05) is 12.1 Å². The first-order chi connectivity index (χ1) is 14.2. The number of likely N-dealkylation sites (tertiary alicyclic amines) is 1. The SMILES string of the molecule is O=C1N(Cc2ccsc2)CCO[C@]12CN(Cc1cccs1)C[C@@H]2c1cccnc1. The molecule has 2 fully saturated rings. The van der Waals surface area contributed by atoms with Crippen LogP contribution in [0.1, 0.15) is 21.9 Å². The van der Waals surface area contributed by atoms with Crippen LogP contribution in [0.3, 0.4) is 0 Å². The Labute approximate surface area is 178 Å². The number of hydrogen-bond donors (Lipinski definition) is 0. The second-order valence-corrected chi connectivity index (χ2v) is 9.50. The third-order valence-corrected chi connectivity index (χ3v) is 7.43. The van der Waals surface area contributed by atoms with Gasteiger partial charge in [-0.3, -0.25) is 14.7 Å². The lowest BCUT2D eigenvalue weighted by atomic mass is 9.83. The number of amides is 1. The van der Waals surface area contributed by atoms with E-state index in [4.69, 9.17) is 4.74 Å². The number of aromatic nitrogens is 1. The zero-order valence-corrected chi connectivity index (χ0v) is 17.7. The standard InChI is InChI=1S/C22H23N3O2S2/c26-21-22(27-8-7-25(21)12-17-5-10-28-15-17)16-24(13-19-4-2-9-29-19)14-20(22)18-3-1-6-23-11-18/h1-6,9-11,15,20H,7-8,12-14,16H2/t20-,22+/m1/s1. The first-order valence-electron chi connectivity index (χ1n) is 9.84. The van der Waals surface area contributed by atoms with Crippen molar-refractivity contribution in [1.29, 1.82) is 0 Å². The number of morpholine rings is 1. The van der Waals surface area contributed by atoms with E-state index in [1.807, 2.05) is 17.2 Å². The largest absolute Gasteiger partial charge is 0.361 e. The van der Waals surface area contributed by atoms with Crippen molar-refractivity contribution in [1.82, 2.24) is 14.8 Å². The Hall–Kier alpha value is -2.06. The molecule has 2 saturated heterocycles. The highest BCUT2D eigenvalue weighted by molar-refractivity contribution is 7.09. The Bertz CT molecular complexity index is 946. The predicted octanol–water partition coefficient (Wildman–Crippen LogP) is 3.60. The minimum absolute atomic E-state index is 0.0195. The normalized spacial score (nSPS) is 25.2. The van der Waals surface area contributed by atoms with Crippen LogP contribution >= 0.6 is 22.7 Å². The summed E-state index contributed by atoms with van der Waals surface area (Å²) in [5.41, 5.74) is 1.42. The number of ether oxygens (including phenoxy) is 1. The quantitative estimate of drug-likeness (QED) is 0.627. The van der Waals surface area contributed by atoms with Gasteiger partial charge in [-0.05, 0) is 45.5 Å². The molecule has 2 atom stereocenters. The molecule has 29 heavy (non-hydrogen) atoms. The minimum Gasteiger partial charge on any atom is -0.361 e. The Kier molecular flexibility index (Phi) is 5.22. The topological polar surface area (TPSA) is 45.7 Å². The maximum Gasteiger partial charge on any atom is 0.257 e. The molecule has 5 heterocycles. The molecular formula is C22H23N3O2S2. The first kappa shape index (κ1) is 18.9. The number of hydrogen-bond acceptors (Lipinski definition) is 6. The Morgan fingerprint density at radius 3 is 2.93 bits per heavy atom. The van der Waals surface area contributed by atoms with Crippen molar-refractivity contribution in [2.45, 2.75) is 24.6 Å². The highest BCUT2D eigenvalue weighted by Gasteiger charge is 2.57. The number of carbonyl (C=O) groups excluding carboxylic acids is 1. The third kappa shape index (κ3) is 3.64. The number of nitrogens with zero attached hydrogens (tertiary/aromatic N) is 3. The van der Waals surface area contributed by atoms with Gasteiger partial charge in [0.15, 0.2) is 5.60 Å². The molecule has 1 amide bonds. The lowest BCUT2D eigenvalue weighted by Crippen LogP contribution is -2.59. The number of pyridine rings is 1. The summed E-state index contributed by atoms with van der Waals surface area (Å²) in [4.78, 5) is 23.7. The molecule has 3 aromatic rings. The van der Waals surface area contributed by atoms with Crippen LogP contribution in [0.4, 0.5) is 0 Å². The summed E-state index contributed by atoms with van der Waals surface area (Å²) < 4.78 is 6.35. The van der Waals surface area contributed by atoms with Crippen molar-refractivity contribution in [3.8, 4) is 0 Å². The van der Waals surface area contributed by atoms with Gasteiger partial charge in [0.2, 0.25) is 0 Å². The van der Waals surface area contributed by atoms with Gasteiger partial charge in [0.05, 0.1) is 6.61 Å². The van der Waals surface area contributed by atoms with Gasteiger partial charge in [0.25, 0.3) is 5.91 Å².